The van der Waals surface area contributed by atoms with Gasteiger partial charge in [-0.05, 0) is 19.8 Å². The van der Waals surface area contributed by atoms with Gasteiger partial charge in [-0.25, -0.2) is 4.98 Å². The molecule has 1 aromatic heterocycles. The zero-order chi connectivity index (χ0) is 11.8. The summed E-state index contributed by atoms with van der Waals surface area (Å²) in [6, 6.07) is 0. The van der Waals surface area contributed by atoms with Crippen molar-refractivity contribution in [2.24, 2.45) is 5.41 Å². The van der Waals surface area contributed by atoms with Crippen LogP contribution in [0.25, 0.3) is 0 Å². The lowest BCUT2D eigenvalue weighted by atomic mass is 9.68. The number of carboxylic acid groups (broad SMARTS) is 1. The van der Waals surface area contributed by atoms with Crippen LogP contribution in [0.2, 0.25) is 0 Å². The fraction of sp³-hybridized carbons (Fsp3) is 0.500. The average Bonchev–Trinajstić information content (AvgIpc) is 2.47. The van der Waals surface area contributed by atoms with Crippen molar-refractivity contribution >= 4 is 28.3 Å². The van der Waals surface area contributed by atoms with Gasteiger partial charge in [-0.3, -0.25) is 9.59 Å². The van der Waals surface area contributed by atoms with E-state index in [-0.39, 0.29) is 0 Å². The van der Waals surface area contributed by atoms with Gasteiger partial charge in [0, 0.05) is 5.38 Å². The lowest BCUT2D eigenvalue weighted by Crippen LogP contribution is -2.48. The summed E-state index contributed by atoms with van der Waals surface area (Å²) in [6.07, 6.45) is 1.62. The molecule has 0 aromatic carbocycles. The number of carbonyl (C=O) groups excluding carboxylic acids is 1. The maximum atomic E-state index is 11.8. The molecule has 1 heterocycles. The molecule has 86 valence electrons. The third kappa shape index (κ3) is 1.69. The topological polar surface area (TPSA) is 79.3 Å². The number of thiazole rings is 1. The lowest BCUT2D eigenvalue weighted by Gasteiger charge is -2.35. The molecule has 0 radical (unpaired) electrons. The smallest absolute Gasteiger partial charge is 0.319 e. The van der Waals surface area contributed by atoms with Gasteiger partial charge >= 0.3 is 5.97 Å². The van der Waals surface area contributed by atoms with E-state index < -0.39 is 17.3 Å². The van der Waals surface area contributed by atoms with E-state index in [1.165, 1.54) is 11.3 Å². The largest absolute Gasteiger partial charge is 0.480 e. The normalized spacial score (nSPS) is 17.6. The number of nitrogens with zero attached hydrogens (tertiary/aromatic N) is 1. The number of aliphatic carboxylic acids is 1. The van der Waals surface area contributed by atoms with Gasteiger partial charge in [0.2, 0.25) is 5.91 Å². The predicted octanol–water partition coefficient (Wildman–Crippen LogP) is 1.64. The van der Waals surface area contributed by atoms with Crippen LogP contribution in [0.15, 0.2) is 5.38 Å². The first kappa shape index (κ1) is 11.1. The molecule has 0 saturated heterocycles. The summed E-state index contributed by atoms with van der Waals surface area (Å²) in [7, 11) is 0. The van der Waals surface area contributed by atoms with Crippen LogP contribution >= 0.6 is 11.3 Å². The molecule has 16 heavy (non-hydrogen) atoms. The molecule has 2 rings (SSSR count). The Balaban J connectivity index is 2.10. The minimum Gasteiger partial charge on any atom is -0.480 e. The molecule has 2 N–H and O–H groups in total. The molecule has 1 aromatic rings. The molecule has 1 saturated carbocycles. The maximum absolute atomic E-state index is 11.8. The zero-order valence-electron chi connectivity index (χ0n) is 8.82. The SMILES string of the molecule is Cc1csc(NC(=O)C2(C(=O)O)CCC2)n1. The van der Waals surface area contributed by atoms with Crippen LogP contribution < -0.4 is 5.32 Å². The number of hydrogen-bond acceptors (Lipinski definition) is 4. The summed E-state index contributed by atoms with van der Waals surface area (Å²) < 4.78 is 0. The monoisotopic (exact) mass is 240 g/mol. The summed E-state index contributed by atoms with van der Waals surface area (Å²) in [6.45, 7) is 1.82. The fourth-order valence-electron chi connectivity index (χ4n) is 1.70. The van der Waals surface area contributed by atoms with Crippen LogP contribution in [0.5, 0.6) is 0 Å². The van der Waals surface area contributed by atoms with E-state index >= 15 is 0 Å². The molecule has 0 atom stereocenters. The molecular formula is C10H12N2O3S. The Morgan fingerprint density at radius 2 is 2.25 bits per heavy atom. The number of amides is 1. The van der Waals surface area contributed by atoms with Crippen molar-refractivity contribution in [1.29, 1.82) is 0 Å². The molecule has 5 nitrogen and oxygen atoms in total. The van der Waals surface area contributed by atoms with E-state index in [0.717, 1.165) is 12.1 Å². The summed E-state index contributed by atoms with van der Waals surface area (Å²) in [5.41, 5.74) is -0.405. The van der Waals surface area contributed by atoms with E-state index in [1.807, 2.05) is 12.3 Å². The van der Waals surface area contributed by atoms with Gasteiger partial charge in [0.15, 0.2) is 5.13 Å². The molecule has 1 aliphatic carbocycles. The van der Waals surface area contributed by atoms with Crippen molar-refractivity contribution in [2.45, 2.75) is 26.2 Å². The van der Waals surface area contributed by atoms with Crippen molar-refractivity contribution in [1.82, 2.24) is 4.98 Å². The minimum atomic E-state index is -1.22. The first-order valence-electron chi connectivity index (χ1n) is 5.01. The van der Waals surface area contributed by atoms with Gasteiger partial charge in [0.25, 0.3) is 0 Å². The Labute approximate surface area is 96.5 Å². The van der Waals surface area contributed by atoms with Crippen molar-refractivity contribution < 1.29 is 14.7 Å². The van der Waals surface area contributed by atoms with Gasteiger partial charge in [-0.15, -0.1) is 11.3 Å². The highest BCUT2D eigenvalue weighted by atomic mass is 32.1. The van der Waals surface area contributed by atoms with Crippen LogP contribution in [0.4, 0.5) is 5.13 Å². The standard InChI is InChI=1S/C10H12N2O3S/c1-6-5-16-9(11-6)12-7(13)10(8(14)15)3-2-4-10/h5H,2-4H2,1H3,(H,14,15)(H,11,12,13). The van der Waals surface area contributed by atoms with Crippen molar-refractivity contribution in [3.8, 4) is 0 Å². The predicted molar refractivity (Wildman–Crippen MR) is 59.4 cm³/mol. The summed E-state index contributed by atoms with van der Waals surface area (Å²) in [4.78, 5) is 27.0. The number of anilines is 1. The van der Waals surface area contributed by atoms with Gasteiger partial charge < -0.3 is 10.4 Å². The van der Waals surface area contributed by atoms with Gasteiger partial charge in [0.1, 0.15) is 5.41 Å². The second-order valence-corrected chi connectivity index (χ2v) is 4.85. The van der Waals surface area contributed by atoms with E-state index in [9.17, 15) is 9.59 Å². The molecule has 6 heteroatoms. The number of aryl methyl sites for hydroxylation is 1. The summed E-state index contributed by atoms with van der Waals surface area (Å²) >= 11 is 1.30. The number of carboxylic acids is 1. The van der Waals surface area contributed by atoms with Crippen LogP contribution in [0.1, 0.15) is 25.0 Å². The molecule has 1 fully saturated rings. The first-order chi connectivity index (χ1) is 7.54. The summed E-state index contributed by atoms with van der Waals surface area (Å²) in [5.74, 6) is -1.48. The molecule has 0 aliphatic heterocycles. The highest BCUT2D eigenvalue weighted by Crippen LogP contribution is 2.42. The van der Waals surface area contributed by atoms with Gasteiger partial charge in [-0.1, -0.05) is 6.42 Å². The van der Waals surface area contributed by atoms with Crippen LogP contribution in [-0.4, -0.2) is 22.0 Å². The Morgan fingerprint density at radius 3 is 2.62 bits per heavy atom. The van der Waals surface area contributed by atoms with Crippen LogP contribution in [-0.2, 0) is 9.59 Å². The molecule has 0 unspecified atom stereocenters. The van der Waals surface area contributed by atoms with Crippen molar-refractivity contribution in [3.05, 3.63) is 11.1 Å². The summed E-state index contributed by atoms with van der Waals surface area (Å²) in [5, 5.41) is 13.9. The molecular weight excluding hydrogens is 228 g/mol. The number of aromatic nitrogens is 1. The molecule has 0 bridgehead atoms. The fourth-order valence-corrected chi connectivity index (χ4v) is 2.38. The maximum Gasteiger partial charge on any atom is 0.319 e. The number of nitrogens with one attached hydrogen (secondary N) is 1. The third-order valence-electron chi connectivity index (χ3n) is 2.89. The Kier molecular flexibility index (Phi) is 2.67. The Hall–Kier alpha value is -1.43. The first-order valence-corrected chi connectivity index (χ1v) is 5.89. The second kappa shape index (κ2) is 3.86. The number of rotatable bonds is 3. The Bertz CT molecular complexity index is 437. The molecule has 1 aliphatic rings. The van der Waals surface area contributed by atoms with E-state index in [1.54, 1.807) is 0 Å². The van der Waals surface area contributed by atoms with E-state index in [4.69, 9.17) is 5.11 Å². The molecule has 0 spiro atoms. The van der Waals surface area contributed by atoms with Crippen LogP contribution in [0.3, 0.4) is 0 Å². The van der Waals surface area contributed by atoms with Gasteiger partial charge in [0.05, 0.1) is 5.69 Å². The van der Waals surface area contributed by atoms with E-state index in [2.05, 4.69) is 10.3 Å². The second-order valence-electron chi connectivity index (χ2n) is 3.99. The molecule has 1 amide bonds. The minimum absolute atomic E-state index is 0.415. The van der Waals surface area contributed by atoms with Gasteiger partial charge in [-0.2, -0.15) is 0 Å². The van der Waals surface area contributed by atoms with Crippen molar-refractivity contribution in [2.75, 3.05) is 5.32 Å². The van der Waals surface area contributed by atoms with Crippen LogP contribution in [0, 0.1) is 12.3 Å². The number of carbonyl (C=O) groups is 2. The quantitative estimate of drug-likeness (QED) is 0.787. The average molecular weight is 240 g/mol. The third-order valence-corrected chi connectivity index (χ3v) is 3.77. The number of hydrogen-bond donors (Lipinski definition) is 2. The lowest BCUT2D eigenvalue weighted by molar-refractivity contribution is -0.159. The Morgan fingerprint density at radius 1 is 1.56 bits per heavy atom. The van der Waals surface area contributed by atoms with Crippen molar-refractivity contribution in [3.63, 3.8) is 0 Å². The highest BCUT2D eigenvalue weighted by Gasteiger charge is 2.51. The zero-order valence-corrected chi connectivity index (χ0v) is 9.63. The highest BCUT2D eigenvalue weighted by molar-refractivity contribution is 7.13. The van der Waals surface area contributed by atoms with E-state index in [0.29, 0.717) is 18.0 Å².